The average Bonchev–Trinajstić information content (AvgIpc) is 3.26. The van der Waals surface area contributed by atoms with E-state index in [4.69, 9.17) is 11.6 Å². The smallest absolute Gasteiger partial charge is 0.350 e. The highest BCUT2D eigenvalue weighted by Gasteiger charge is 2.31. The van der Waals surface area contributed by atoms with Crippen LogP contribution in [0, 0.1) is 0 Å². The Kier molecular flexibility index (Phi) is 5.47. The molecule has 1 atom stereocenters. The maximum absolute atomic E-state index is 13.2. The lowest BCUT2D eigenvalue weighted by Crippen LogP contribution is -2.27. The van der Waals surface area contributed by atoms with Crippen LogP contribution in [0.25, 0.3) is 11.2 Å². The number of hydrogen-bond acceptors (Lipinski definition) is 6. The van der Waals surface area contributed by atoms with Gasteiger partial charge in [0, 0.05) is 22.8 Å². The number of anilines is 3. The zero-order chi connectivity index (χ0) is 22.4. The van der Waals surface area contributed by atoms with Crippen LogP contribution in [0.15, 0.2) is 24.4 Å². The maximum atomic E-state index is 13.2. The van der Waals surface area contributed by atoms with E-state index in [1.165, 1.54) is 6.07 Å². The third-order valence-electron chi connectivity index (χ3n) is 4.80. The lowest BCUT2D eigenvalue weighted by molar-refractivity contribution is -0.137. The summed E-state index contributed by atoms with van der Waals surface area (Å²) in [5.41, 5.74) is 0.291. The van der Waals surface area contributed by atoms with Crippen molar-refractivity contribution in [3.63, 3.8) is 0 Å². The molecular formula is C20H23ClF3N7. The molecule has 0 aliphatic carbocycles. The molecule has 1 aliphatic heterocycles. The predicted octanol–water partition coefficient (Wildman–Crippen LogP) is 4.99. The summed E-state index contributed by atoms with van der Waals surface area (Å²) >= 11 is 5.94. The highest BCUT2D eigenvalue weighted by atomic mass is 35.5. The van der Waals surface area contributed by atoms with E-state index in [0.717, 1.165) is 25.1 Å². The molecule has 3 heterocycles. The summed E-state index contributed by atoms with van der Waals surface area (Å²) in [7, 11) is 0. The minimum atomic E-state index is -4.50. The number of fused-ring (bicyclic) bond motifs is 1. The zero-order valence-electron chi connectivity index (χ0n) is 17.3. The topological polar surface area (TPSA) is 79.7 Å². The van der Waals surface area contributed by atoms with Gasteiger partial charge in [-0.2, -0.15) is 18.2 Å². The van der Waals surface area contributed by atoms with Crippen LogP contribution < -0.4 is 16.0 Å². The van der Waals surface area contributed by atoms with E-state index in [-0.39, 0.29) is 22.3 Å². The van der Waals surface area contributed by atoms with E-state index in [2.05, 4.69) is 30.9 Å². The highest BCUT2D eigenvalue weighted by Crippen LogP contribution is 2.35. The van der Waals surface area contributed by atoms with Gasteiger partial charge in [0.05, 0.1) is 17.8 Å². The molecule has 0 saturated carbocycles. The van der Waals surface area contributed by atoms with Gasteiger partial charge in [-0.15, -0.1) is 0 Å². The normalized spacial score (nSPS) is 17.3. The van der Waals surface area contributed by atoms with Crippen molar-refractivity contribution in [3.8, 4) is 0 Å². The Morgan fingerprint density at radius 1 is 1.16 bits per heavy atom. The lowest BCUT2D eigenvalue weighted by atomic mass is 10.1. The summed E-state index contributed by atoms with van der Waals surface area (Å²) in [5.74, 6) is 0.849. The van der Waals surface area contributed by atoms with Crippen LogP contribution >= 0.6 is 11.6 Å². The van der Waals surface area contributed by atoms with Crippen molar-refractivity contribution >= 4 is 40.3 Å². The summed E-state index contributed by atoms with van der Waals surface area (Å²) in [6, 6.07) is 3.39. The van der Waals surface area contributed by atoms with Crippen LogP contribution in [0.2, 0.25) is 5.02 Å². The first-order valence-corrected chi connectivity index (χ1v) is 10.3. The quantitative estimate of drug-likeness (QED) is 0.516. The molecule has 1 fully saturated rings. The third-order valence-corrected chi connectivity index (χ3v) is 5.02. The van der Waals surface area contributed by atoms with Crippen molar-refractivity contribution in [2.45, 2.75) is 44.9 Å². The van der Waals surface area contributed by atoms with E-state index in [0.29, 0.717) is 29.6 Å². The first-order chi connectivity index (χ1) is 14.5. The fourth-order valence-corrected chi connectivity index (χ4v) is 3.77. The second-order valence-electron chi connectivity index (χ2n) is 8.58. The van der Waals surface area contributed by atoms with Crippen molar-refractivity contribution in [3.05, 3.63) is 35.0 Å². The number of aromatic nitrogens is 4. The fourth-order valence-electron chi connectivity index (χ4n) is 3.53. The van der Waals surface area contributed by atoms with Gasteiger partial charge in [-0.1, -0.05) is 11.6 Å². The first kappa shape index (κ1) is 21.6. The van der Waals surface area contributed by atoms with Gasteiger partial charge < -0.3 is 16.0 Å². The van der Waals surface area contributed by atoms with Crippen LogP contribution in [0.5, 0.6) is 0 Å². The van der Waals surface area contributed by atoms with Crippen LogP contribution in [-0.4, -0.2) is 38.1 Å². The molecule has 0 unspecified atom stereocenters. The van der Waals surface area contributed by atoms with Crippen molar-refractivity contribution < 1.29 is 13.2 Å². The summed E-state index contributed by atoms with van der Waals surface area (Å²) < 4.78 is 41.6. The molecule has 0 amide bonds. The molecule has 1 aliphatic rings. The Labute approximate surface area is 182 Å². The predicted molar refractivity (Wildman–Crippen MR) is 115 cm³/mol. The molecule has 4 rings (SSSR count). The molecule has 31 heavy (non-hydrogen) atoms. The molecule has 0 radical (unpaired) electrons. The van der Waals surface area contributed by atoms with Gasteiger partial charge in [0.2, 0.25) is 11.9 Å². The fraction of sp³-hybridized carbons (Fsp3) is 0.450. The van der Waals surface area contributed by atoms with Crippen LogP contribution in [0.1, 0.15) is 38.8 Å². The number of halogens is 4. The monoisotopic (exact) mass is 453 g/mol. The Hall–Kier alpha value is -2.59. The minimum absolute atomic E-state index is 0.0148. The Bertz CT molecular complexity index is 1100. The zero-order valence-corrected chi connectivity index (χ0v) is 18.1. The summed E-state index contributed by atoms with van der Waals surface area (Å²) in [6.07, 6.45) is -2.05. The second-order valence-corrected chi connectivity index (χ2v) is 9.02. The Morgan fingerprint density at radius 3 is 2.58 bits per heavy atom. The van der Waals surface area contributed by atoms with Gasteiger partial charge in [-0.25, -0.2) is 9.97 Å². The van der Waals surface area contributed by atoms with E-state index in [9.17, 15) is 13.2 Å². The lowest BCUT2D eigenvalue weighted by Gasteiger charge is -2.20. The molecule has 3 aromatic rings. The van der Waals surface area contributed by atoms with E-state index in [1.54, 1.807) is 6.20 Å². The number of nitrogens with one attached hydrogen (secondary N) is 3. The number of hydrogen-bond donors (Lipinski definition) is 3. The molecule has 3 N–H and O–H groups in total. The summed E-state index contributed by atoms with van der Waals surface area (Å²) in [5, 5.41) is 9.54. The van der Waals surface area contributed by atoms with Gasteiger partial charge >= 0.3 is 6.18 Å². The van der Waals surface area contributed by atoms with E-state index < -0.39 is 11.7 Å². The summed E-state index contributed by atoms with van der Waals surface area (Å²) in [6.45, 7) is 7.54. The van der Waals surface area contributed by atoms with Gasteiger partial charge in [-0.05, 0) is 51.9 Å². The van der Waals surface area contributed by atoms with E-state index >= 15 is 0 Å². The van der Waals surface area contributed by atoms with Crippen molar-refractivity contribution in [1.29, 1.82) is 0 Å². The second kappa shape index (κ2) is 7.83. The molecule has 2 aromatic heterocycles. The number of alkyl halides is 3. The van der Waals surface area contributed by atoms with Gasteiger partial charge in [0.1, 0.15) is 5.52 Å². The van der Waals surface area contributed by atoms with Crippen molar-refractivity contribution in [2.75, 3.05) is 23.7 Å². The highest BCUT2D eigenvalue weighted by molar-refractivity contribution is 6.31. The van der Waals surface area contributed by atoms with Crippen molar-refractivity contribution in [2.24, 2.45) is 0 Å². The van der Waals surface area contributed by atoms with Crippen molar-refractivity contribution in [1.82, 2.24) is 24.8 Å². The van der Waals surface area contributed by atoms with Gasteiger partial charge in [0.15, 0.2) is 5.65 Å². The molecule has 0 spiro atoms. The van der Waals surface area contributed by atoms with E-state index in [1.807, 2.05) is 25.3 Å². The number of benzene rings is 1. The van der Waals surface area contributed by atoms with Crippen LogP contribution in [-0.2, 0) is 6.18 Å². The minimum Gasteiger partial charge on any atom is -0.350 e. The molecule has 1 aromatic carbocycles. The maximum Gasteiger partial charge on any atom is 0.416 e. The van der Waals surface area contributed by atoms with Crippen LogP contribution in [0.4, 0.5) is 30.8 Å². The first-order valence-electron chi connectivity index (χ1n) is 9.88. The standard InChI is InChI=1S/C20H23ClF3N7/c1-19(2,3)30-17-26-10-15-16(29-17)31(14-4-5-25-9-14)18(28-15)27-13-7-11(20(22,23)24)6-12(21)8-13/h6-8,10,14,25H,4-5,9H2,1-3H3,(H,27,28)(H,26,29,30)/t14-/m0/s1. The number of imidazole rings is 1. The number of rotatable bonds is 4. The SMILES string of the molecule is CC(C)(C)Nc1ncc2nc(Nc3cc(Cl)cc(C(F)(F)F)c3)n([C@H]3CCNC3)c2n1. The molecule has 7 nitrogen and oxygen atoms in total. The molecule has 1 saturated heterocycles. The van der Waals surface area contributed by atoms with Crippen LogP contribution in [0.3, 0.4) is 0 Å². The van der Waals surface area contributed by atoms with Gasteiger partial charge in [-0.3, -0.25) is 4.57 Å². The molecular weight excluding hydrogens is 431 g/mol. The average molecular weight is 454 g/mol. The Morgan fingerprint density at radius 2 is 1.94 bits per heavy atom. The molecule has 166 valence electrons. The Balaban J connectivity index is 1.78. The van der Waals surface area contributed by atoms with Gasteiger partial charge in [0.25, 0.3) is 0 Å². The largest absolute Gasteiger partial charge is 0.416 e. The summed E-state index contributed by atoms with van der Waals surface area (Å²) in [4.78, 5) is 13.5. The molecule has 11 heteroatoms. The number of nitrogens with zero attached hydrogens (tertiary/aromatic N) is 4. The molecule has 0 bridgehead atoms. The third kappa shape index (κ3) is 4.85.